The van der Waals surface area contributed by atoms with Crippen molar-refractivity contribution in [2.75, 3.05) is 6.61 Å². The molecule has 4 nitrogen and oxygen atoms in total. The second kappa shape index (κ2) is 3.90. The summed E-state index contributed by atoms with van der Waals surface area (Å²) in [4.78, 5) is 10.7. The lowest BCUT2D eigenvalue weighted by molar-refractivity contribution is -0.138. The van der Waals surface area contributed by atoms with Crippen molar-refractivity contribution in [3.05, 3.63) is 29.3 Å². The highest BCUT2D eigenvalue weighted by Crippen LogP contribution is 2.27. The van der Waals surface area contributed by atoms with Gasteiger partial charge >= 0.3 is 5.97 Å². The monoisotopic (exact) mass is 207 g/mol. The van der Waals surface area contributed by atoms with Gasteiger partial charge in [0.25, 0.3) is 0 Å². The number of hydrogen-bond donors (Lipinski definition) is 2. The van der Waals surface area contributed by atoms with Crippen LogP contribution in [0, 0.1) is 0 Å². The highest BCUT2D eigenvalue weighted by molar-refractivity contribution is 5.75. The van der Waals surface area contributed by atoms with Crippen LogP contribution in [0.5, 0.6) is 5.75 Å². The first kappa shape index (κ1) is 9.98. The molecule has 0 radical (unpaired) electrons. The van der Waals surface area contributed by atoms with Crippen LogP contribution in [-0.4, -0.2) is 17.7 Å². The number of carboxylic acid groups (broad SMARTS) is 1. The molecule has 0 saturated heterocycles. The molecule has 0 bridgehead atoms. The SMILES string of the molecule is NC(C(=O)O)c1ccc2c(c1)CCCO2. The molecular formula is C11H13NO3. The third kappa shape index (κ3) is 1.94. The van der Waals surface area contributed by atoms with E-state index in [0.29, 0.717) is 5.56 Å². The number of aryl methyl sites for hydroxylation is 1. The molecule has 1 aliphatic heterocycles. The summed E-state index contributed by atoms with van der Waals surface area (Å²) in [6, 6.07) is 4.39. The lowest BCUT2D eigenvalue weighted by Gasteiger charge is -2.18. The maximum Gasteiger partial charge on any atom is 0.325 e. The van der Waals surface area contributed by atoms with Crippen LogP contribution >= 0.6 is 0 Å². The maximum absolute atomic E-state index is 10.7. The first-order chi connectivity index (χ1) is 7.18. The van der Waals surface area contributed by atoms with Crippen LogP contribution in [0.25, 0.3) is 0 Å². The van der Waals surface area contributed by atoms with Crippen LogP contribution in [0.1, 0.15) is 23.6 Å². The van der Waals surface area contributed by atoms with Gasteiger partial charge in [-0.05, 0) is 36.1 Å². The van der Waals surface area contributed by atoms with E-state index in [1.54, 1.807) is 12.1 Å². The zero-order chi connectivity index (χ0) is 10.8. The van der Waals surface area contributed by atoms with Gasteiger partial charge in [-0.3, -0.25) is 4.79 Å². The van der Waals surface area contributed by atoms with Crippen molar-refractivity contribution in [3.8, 4) is 5.75 Å². The minimum Gasteiger partial charge on any atom is -0.493 e. The van der Waals surface area contributed by atoms with E-state index >= 15 is 0 Å². The molecular weight excluding hydrogens is 194 g/mol. The minimum absolute atomic E-state index is 0.631. The van der Waals surface area contributed by atoms with E-state index in [2.05, 4.69) is 0 Å². The molecule has 3 N–H and O–H groups in total. The van der Waals surface area contributed by atoms with E-state index in [4.69, 9.17) is 15.6 Å². The molecule has 2 rings (SSSR count). The Bertz CT molecular complexity index is 389. The Kier molecular flexibility index (Phi) is 2.60. The van der Waals surface area contributed by atoms with Crippen molar-refractivity contribution in [1.29, 1.82) is 0 Å². The molecule has 0 saturated carbocycles. The third-order valence-electron chi connectivity index (χ3n) is 2.56. The van der Waals surface area contributed by atoms with Crippen molar-refractivity contribution < 1.29 is 14.6 Å². The second-order valence-electron chi connectivity index (χ2n) is 3.64. The van der Waals surface area contributed by atoms with E-state index in [0.717, 1.165) is 30.8 Å². The Hall–Kier alpha value is -1.55. The van der Waals surface area contributed by atoms with Crippen LogP contribution in [0.2, 0.25) is 0 Å². The number of rotatable bonds is 2. The smallest absolute Gasteiger partial charge is 0.325 e. The fourth-order valence-corrected chi connectivity index (χ4v) is 1.72. The summed E-state index contributed by atoms with van der Waals surface area (Å²) in [5, 5.41) is 8.78. The maximum atomic E-state index is 10.7. The van der Waals surface area contributed by atoms with Crippen LogP contribution in [-0.2, 0) is 11.2 Å². The van der Waals surface area contributed by atoms with E-state index in [-0.39, 0.29) is 0 Å². The average molecular weight is 207 g/mol. The van der Waals surface area contributed by atoms with Gasteiger partial charge in [0.1, 0.15) is 11.8 Å². The fraction of sp³-hybridized carbons (Fsp3) is 0.364. The zero-order valence-corrected chi connectivity index (χ0v) is 8.27. The van der Waals surface area contributed by atoms with Gasteiger partial charge in [0.15, 0.2) is 0 Å². The third-order valence-corrected chi connectivity index (χ3v) is 2.56. The molecule has 1 aromatic carbocycles. The lowest BCUT2D eigenvalue weighted by atomic mass is 10.00. The highest BCUT2D eigenvalue weighted by Gasteiger charge is 2.17. The summed E-state index contributed by atoms with van der Waals surface area (Å²) in [6.45, 7) is 0.733. The largest absolute Gasteiger partial charge is 0.493 e. The summed E-state index contributed by atoms with van der Waals surface area (Å²) < 4.78 is 5.43. The molecule has 1 aliphatic rings. The number of benzene rings is 1. The van der Waals surface area contributed by atoms with Crippen LogP contribution in [0.15, 0.2) is 18.2 Å². The first-order valence-corrected chi connectivity index (χ1v) is 4.92. The summed E-state index contributed by atoms with van der Waals surface area (Å²) in [6.07, 6.45) is 1.90. The summed E-state index contributed by atoms with van der Waals surface area (Å²) in [7, 11) is 0. The van der Waals surface area contributed by atoms with Crippen molar-refractivity contribution in [2.24, 2.45) is 5.73 Å². The molecule has 0 aromatic heterocycles. The average Bonchev–Trinajstić information content (AvgIpc) is 2.27. The number of nitrogens with two attached hydrogens (primary N) is 1. The van der Waals surface area contributed by atoms with Gasteiger partial charge in [-0.1, -0.05) is 6.07 Å². The molecule has 1 heterocycles. The predicted molar refractivity (Wildman–Crippen MR) is 54.8 cm³/mol. The molecule has 4 heteroatoms. The van der Waals surface area contributed by atoms with Gasteiger partial charge in [-0.2, -0.15) is 0 Å². The van der Waals surface area contributed by atoms with Gasteiger partial charge in [0, 0.05) is 0 Å². The van der Waals surface area contributed by atoms with Gasteiger partial charge in [-0.15, -0.1) is 0 Å². The minimum atomic E-state index is -1.01. The predicted octanol–water partition coefficient (Wildman–Crippen LogP) is 1.10. The van der Waals surface area contributed by atoms with Crippen LogP contribution < -0.4 is 10.5 Å². The number of hydrogen-bond acceptors (Lipinski definition) is 3. The second-order valence-corrected chi connectivity index (χ2v) is 3.64. The molecule has 15 heavy (non-hydrogen) atoms. The van der Waals surface area contributed by atoms with Crippen molar-refractivity contribution in [1.82, 2.24) is 0 Å². The van der Waals surface area contributed by atoms with Gasteiger partial charge in [0.05, 0.1) is 6.61 Å². The molecule has 0 aliphatic carbocycles. The Morgan fingerprint density at radius 2 is 2.33 bits per heavy atom. The number of ether oxygens (including phenoxy) is 1. The number of aliphatic carboxylic acids is 1. The van der Waals surface area contributed by atoms with Gasteiger partial charge in [0.2, 0.25) is 0 Å². The zero-order valence-electron chi connectivity index (χ0n) is 8.27. The van der Waals surface area contributed by atoms with Gasteiger partial charge < -0.3 is 15.6 Å². The summed E-state index contributed by atoms with van der Waals surface area (Å²) in [5.74, 6) is -0.158. The standard InChI is InChI=1S/C11H13NO3/c12-10(11(13)14)8-3-4-9-7(6-8)2-1-5-15-9/h3-4,6,10H,1-2,5,12H2,(H,13,14). The van der Waals surface area contributed by atoms with Crippen molar-refractivity contribution in [2.45, 2.75) is 18.9 Å². The molecule has 1 unspecified atom stereocenters. The Morgan fingerprint density at radius 1 is 1.53 bits per heavy atom. The normalized spacial score (nSPS) is 16.3. The van der Waals surface area contributed by atoms with Gasteiger partial charge in [-0.25, -0.2) is 0 Å². The van der Waals surface area contributed by atoms with Crippen molar-refractivity contribution >= 4 is 5.97 Å². The number of carbonyl (C=O) groups is 1. The van der Waals surface area contributed by atoms with E-state index in [1.807, 2.05) is 6.07 Å². The summed E-state index contributed by atoms with van der Waals surface area (Å²) in [5.41, 5.74) is 7.21. The Morgan fingerprint density at radius 3 is 3.07 bits per heavy atom. The number of carboxylic acids is 1. The summed E-state index contributed by atoms with van der Waals surface area (Å²) >= 11 is 0. The Balaban J connectivity index is 2.31. The Labute approximate surface area is 87.7 Å². The quantitative estimate of drug-likeness (QED) is 0.761. The fourth-order valence-electron chi connectivity index (χ4n) is 1.72. The first-order valence-electron chi connectivity index (χ1n) is 4.92. The molecule has 1 aromatic rings. The van der Waals surface area contributed by atoms with E-state index < -0.39 is 12.0 Å². The molecule has 0 amide bonds. The molecule has 80 valence electrons. The highest BCUT2D eigenvalue weighted by atomic mass is 16.5. The van der Waals surface area contributed by atoms with Crippen LogP contribution in [0.4, 0.5) is 0 Å². The topological polar surface area (TPSA) is 72.6 Å². The van der Waals surface area contributed by atoms with E-state index in [1.165, 1.54) is 0 Å². The molecule has 0 spiro atoms. The number of fused-ring (bicyclic) bond motifs is 1. The van der Waals surface area contributed by atoms with Crippen LogP contribution in [0.3, 0.4) is 0 Å². The lowest BCUT2D eigenvalue weighted by Crippen LogP contribution is -2.21. The van der Waals surface area contributed by atoms with Crippen molar-refractivity contribution in [3.63, 3.8) is 0 Å². The molecule has 0 fully saturated rings. The van der Waals surface area contributed by atoms with E-state index in [9.17, 15) is 4.79 Å². The molecule has 1 atom stereocenters.